The van der Waals surface area contributed by atoms with Crippen molar-refractivity contribution < 1.29 is 34.4 Å². The first kappa shape index (κ1) is 12.6. The van der Waals surface area contributed by atoms with E-state index < -0.39 is 36.5 Å². The van der Waals surface area contributed by atoms with Gasteiger partial charge < -0.3 is 4.13 Å². The molecule has 0 bridgehead atoms. The predicted octanol–water partition coefficient (Wildman–Crippen LogP) is 0.855. The van der Waals surface area contributed by atoms with E-state index in [1.165, 1.54) is 0 Å². The quantitative estimate of drug-likeness (QED) is 0.611. The number of sulfonamides is 2. The molecule has 1 saturated heterocycles. The van der Waals surface area contributed by atoms with Crippen LogP contribution in [0.1, 0.15) is 6.92 Å². The second kappa shape index (κ2) is 2.83. The van der Waals surface area contributed by atoms with E-state index >= 15 is 0 Å². The first-order valence-corrected chi connectivity index (χ1v) is 6.23. The number of rotatable bonds is 0. The van der Waals surface area contributed by atoms with Gasteiger partial charge in [0, 0.05) is 0 Å². The third-order valence-electron chi connectivity index (χ3n) is 1.89. The molecule has 0 N–H and O–H groups in total. The standard InChI is InChI=1S/C4H4F4NO4S2/c1-2-3(5,6)14(10,11)9-15(12,13)4(2,7)8/h2H,1H3/q-1. The Labute approximate surface area is 82.6 Å². The van der Waals surface area contributed by atoms with E-state index in [1.807, 2.05) is 0 Å². The van der Waals surface area contributed by atoms with Crippen molar-refractivity contribution in [2.24, 2.45) is 5.92 Å². The molecule has 0 aliphatic carbocycles. The Balaban J connectivity index is 3.51. The van der Waals surface area contributed by atoms with Crippen LogP contribution in [-0.4, -0.2) is 27.3 Å². The molecule has 1 aliphatic heterocycles. The molecule has 0 spiro atoms. The van der Waals surface area contributed by atoms with Crippen LogP contribution in [0, 0.1) is 5.92 Å². The smallest absolute Gasteiger partial charge is 0.339 e. The fourth-order valence-electron chi connectivity index (χ4n) is 0.871. The molecular weight excluding hydrogens is 266 g/mol. The second-order valence-corrected chi connectivity index (χ2v) is 6.46. The van der Waals surface area contributed by atoms with E-state index in [0.29, 0.717) is 0 Å². The van der Waals surface area contributed by atoms with Gasteiger partial charge in [0.05, 0.1) is 0 Å². The monoisotopic (exact) mass is 270 g/mol. The molecule has 0 radical (unpaired) electrons. The summed E-state index contributed by atoms with van der Waals surface area (Å²) >= 11 is 0. The highest BCUT2D eigenvalue weighted by Gasteiger charge is 2.65. The normalized spacial score (nSPS) is 32.3. The van der Waals surface area contributed by atoms with E-state index in [4.69, 9.17) is 0 Å². The van der Waals surface area contributed by atoms with Crippen molar-refractivity contribution >= 4 is 20.0 Å². The van der Waals surface area contributed by atoms with E-state index in [0.717, 1.165) is 0 Å². The van der Waals surface area contributed by atoms with Crippen LogP contribution in [0.25, 0.3) is 4.13 Å². The molecule has 1 fully saturated rings. The highest BCUT2D eigenvalue weighted by Crippen LogP contribution is 2.52. The zero-order chi connectivity index (χ0) is 12.3. The molecule has 0 aromatic heterocycles. The maximum atomic E-state index is 12.8. The van der Waals surface area contributed by atoms with Crippen LogP contribution in [-0.2, 0) is 20.0 Å². The molecule has 0 aromatic rings. The number of hydrogen-bond donors (Lipinski definition) is 0. The van der Waals surface area contributed by atoms with Gasteiger partial charge in [-0.15, -0.1) is 0 Å². The van der Waals surface area contributed by atoms with Crippen LogP contribution in [0.5, 0.6) is 0 Å². The highest BCUT2D eigenvalue weighted by atomic mass is 32.3. The number of halogens is 4. The molecule has 90 valence electrons. The average molecular weight is 270 g/mol. The largest absolute Gasteiger partial charge is 0.426 e. The molecule has 0 aromatic carbocycles. The molecule has 0 atom stereocenters. The van der Waals surface area contributed by atoms with Gasteiger partial charge in [0.2, 0.25) is 0 Å². The van der Waals surface area contributed by atoms with Crippen molar-refractivity contribution in [1.29, 1.82) is 0 Å². The van der Waals surface area contributed by atoms with Gasteiger partial charge >= 0.3 is 10.5 Å². The van der Waals surface area contributed by atoms with E-state index in [2.05, 4.69) is 0 Å². The Morgan fingerprint density at radius 2 is 1.20 bits per heavy atom. The van der Waals surface area contributed by atoms with Gasteiger partial charge in [-0.25, -0.2) is 16.8 Å². The minimum atomic E-state index is -5.77. The summed E-state index contributed by atoms with van der Waals surface area (Å²) < 4.78 is 95.1. The lowest BCUT2D eigenvalue weighted by molar-refractivity contribution is -0.0748. The lowest BCUT2D eigenvalue weighted by atomic mass is 10.2. The maximum Gasteiger partial charge on any atom is 0.339 e. The van der Waals surface area contributed by atoms with Gasteiger partial charge in [0.15, 0.2) is 0 Å². The first-order valence-electron chi connectivity index (χ1n) is 3.35. The minimum absolute atomic E-state index is 0.129. The summed E-state index contributed by atoms with van der Waals surface area (Å²) in [6, 6.07) is 0. The van der Waals surface area contributed by atoms with E-state index in [-0.39, 0.29) is 6.92 Å². The SMILES string of the molecule is CC1C(F)(F)S(=O)(=O)[N-]S(=O)(=O)C1(F)F. The average Bonchev–Trinajstić information content (AvgIpc) is 1.98. The molecular formula is C4H4F4NO4S2-. The second-order valence-electron chi connectivity index (χ2n) is 2.87. The van der Waals surface area contributed by atoms with Crippen LogP contribution in [0.4, 0.5) is 17.6 Å². The van der Waals surface area contributed by atoms with Gasteiger partial charge in [-0.2, -0.15) is 17.6 Å². The third kappa shape index (κ3) is 1.44. The van der Waals surface area contributed by atoms with Crippen molar-refractivity contribution in [3.05, 3.63) is 4.13 Å². The summed E-state index contributed by atoms with van der Waals surface area (Å²) in [5.41, 5.74) is 0. The van der Waals surface area contributed by atoms with E-state index in [9.17, 15) is 34.4 Å². The zero-order valence-corrected chi connectivity index (χ0v) is 8.62. The van der Waals surface area contributed by atoms with Crippen molar-refractivity contribution in [2.75, 3.05) is 0 Å². The topological polar surface area (TPSA) is 82.4 Å². The van der Waals surface area contributed by atoms with Crippen LogP contribution in [0.15, 0.2) is 0 Å². The van der Waals surface area contributed by atoms with Crippen molar-refractivity contribution in [3.8, 4) is 0 Å². The zero-order valence-electron chi connectivity index (χ0n) is 6.99. The third-order valence-corrected chi connectivity index (χ3v) is 5.55. The molecule has 1 heterocycles. The Kier molecular flexibility index (Phi) is 2.38. The molecule has 0 unspecified atom stereocenters. The van der Waals surface area contributed by atoms with Gasteiger partial charge in [0.25, 0.3) is 0 Å². The molecule has 11 heteroatoms. The Morgan fingerprint density at radius 3 is 1.47 bits per heavy atom. The Morgan fingerprint density at radius 1 is 0.933 bits per heavy atom. The summed E-state index contributed by atoms with van der Waals surface area (Å²) in [5.74, 6) is -3.18. The lowest BCUT2D eigenvalue weighted by Crippen LogP contribution is -2.53. The van der Waals surface area contributed by atoms with E-state index in [1.54, 1.807) is 4.13 Å². The lowest BCUT2D eigenvalue weighted by Gasteiger charge is -2.42. The van der Waals surface area contributed by atoms with Gasteiger partial charge in [-0.05, 0) is 6.92 Å². The number of alkyl halides is 4. The number of nitrogens with zero attached hydrogens (tertiary/aromatic N) is 1. The molecule has 0 amide bonds. The van der Waals surface area contributed by atoms with Crippen LogP contribution >= 0.6 is 0 Å². The maximum absolute atomic E-state index is 12.8. The molecule has 1 aliphatic rings. The predicted molar refractivity (Wildman–Crippen MR) is 40.3 cm³/mol. The van der Waals surface area contributed by atoms with Gasteiger partial charge in [0.1, 0.15) is 26.0 Å². The van der Waals surface area contributed by atoms with Gasteiger partial charge in [-0.3, -0.25) is 0 Å². The summed E-state index contributed by atoms with van der Waals surface area (Å²) in [6.45, 7) is 0.129. The van der Waals surface area contributed by atoms with Crippen LogP contribution < -0.4 is 0 Å². The fraction of sp³-hybridized carbons (Fsp3) is 1.00. The van der Waals surface area contributed by atoms with Crippen molar-refractivity contribution in [3.63, 3.8) is 0 Å². The Bertz CT molecular complexity index is 437. The van der Waals surface area contributed by atoms with Crippen molar-refractivity contribution in [2.45, 2.75) is 17.4 Å². The molecule has 1 rings (SSSR count). The van der Waals surface area contributed by atoms with Crippen LogP contribution in [0.3, 0.4) is 0 Å². The molecule has 5 nitrogen and oxygen atoms in total. The Hall–Kier alpha value is -0.420. The molecule has 15 heavy (non-hydrogen) atoms. The summed E-state index contributed by atoms with van der Waals surface area (Å²) in [4.78, 5) is 0. The first-order chi connectivity index (χ1) is 6.36. The minimum Gasteiger partial charge on any atom is -0.426 e. The number of hydrogen-bond acceptors (Lipinski definition) is 4. The van der Waals surface area contributed by atoms with Crippen LogP contribution in [0.2, 0.25) is 0 Å². The summed E-state index contributed by atoms with van der Waals surface area (Å²) in [5, 5.41) is -9.80. The van der Waals surface area contributed by atoms with Gasteiger partial charge in [-0.1, -0.05) is 0 Å². The fourth-order valence-corrected chi connectivity index (χ4v) is 3.96. The molecule has 0 saturated carbocycles. The highest BCUT2D eigenvalue weighted by molar-refractivity contribution is 8.13. The summed E-state index contributed by atoms with van der Waals surface area (Å²) in [7, 11) is -11.5. The summed E-state index contributed by atoms with van der Waals surface area (Å²) in [6.07, 6.45) is 0. The van der Waals surface area contributed by atoms with Crippen molar-refractivity contribution in [1.82, 2.24) is 0 Å².